The van der Waals surface area contributed by atoms with Gasteiger partial charge in [0.2, 0.25) is 0 Å². The van der Waals surface area contributed by atoms with Crippen LogP contribution < -0.4 is 11.2 Å². The fourth-order valence-electron chi connectivity index (χ4n) is 2.06. The first kappa shape index (κ1) is 13.7. The van der Waals surface area contributed by atoms with Crippen molar-refractivity contribution < 1.29 is 14.9 Å². The van der Waals surface area contributed by atoms with Gasteiger partial charge in [-0.05, 0) is 6.92 Å². The number of aromatic amines is 1. The SMILES string of the molecule is CC=Cc1cn([C@H]2C[C@H](O)[C@@H](CO)O2)c(=O)[nH]c1=O. The second-order valence-electron chi connectivity index (χ2n) is 4.37. The number of rotatable bonds is 3. The lowest BCUT2D eigenvalue weighted by atomic mass is 10.2. The first-order chi connectivity index (χ1) is 9.06. The molecule has 1 aliphatic rings. The number of aliphatic hydroxyl groups excluding tert-OH is 2. The fourth-order valence-corrected chi connectivity index (χ4v) is 2.06. The van der Waals surface area contributed by atoms with Crippen LogP contribution in [0.25, 0.3) is 6.08 Å². The summed E-state index contributed by atoms with van der Waals surface area (Å²) in [5.41, 5.74) is -0.752. The molecule has 3 atom stereocenters. The Morgan fingerprint density at radius 3 is 2.89 bits per heavy atom. The first-order valence-electron chi connectivity index (χ1n) is 5.99. The summed E-state index contributed by atoms with van der Waals surface area (Å²) in [5.74, 6) is 0. The molecule has 19 heavy (non-hydrogen) atoms. The van der Waals surface area contributed by atoms with Crippen molar-refractivity contribution in [3.63, 3.8) is 0 Å². The monoisotopic (exact) mass is 268 g/mol. The molecule has 1 aliphatic heterocycles. The van der Waals surface area contributed by atoms with Crippen molar-refractivity contribution in [2.75, 3.05) is 6.61 Å². The summed E-state index contributed by atoms with van der Waals surface area (Å²) in [7, 11) is 0. The van der Waals surface area contributed by atoms with Crippen molar-refractivity contribution in [2.24, 2.45) is 0 Å². The highest BCUT2D eigenvalue weighted by Crippen LogP contribution is 2.27. The zero-order chi connectivity index (χ0) is 14.0. The van der Waals surface area contributed by atoms with E-state index in [1.165, 1.54) is 10.8 Å². The third kappa shape index (κ3) is 2.67. The van der Waals surface area contributed by atoms with Crippen molar-refractivity contribution in [2.45, 2.75) is 31.8 Å². The van der Waals surface area contributed by atoms with Crippen LogP contribution in [0.3, 0.4) is 0 Å². The quantitative estimate of drug-likeness (QED) is 0.666. The number of ether oxygens (including phenoxy) is 1. The normalized spacial score (nSPS) is 27.2. The van der Waals surface area contributed by atoms with Crippen molar-refractivity contribution >= 4 is 6.08 Å². The molecular weight excluding hydrogens is 252 g/mol. The first-order valence-corrected chi connectivity index (χ1v) is 5.99. The molecule has 0 spiro atoms. The van der Waals surface area contributed by atoms with Gasteiger partial charge in [0.25, 0.3) is 5.56 Å². The molecule has 2 rings (SSSR count). The van der Waals surface area contributed by atoms with Crippen LogP contribution in [0.5, 0.6) is 0 Å². The Labute approximate surface area is 108 Å². The van der Waals surface area contributed by atoms with Gasteiger partial charge in [-0.25, -0.2) is 4.79 Å². The minimum absolute atomic E-state index is 0.187. The van der Waals surface area contributed by atoms with Crippen LogP contribution in [-0.4, -0.2) is 38.6 Å². The van der Waals surface area contributed by atoms with Crippen molar-refractivity contribution in [3.8, 4) is 0 Å². The molecule has 1 fully saturated rings. The maximum absolute atomic E-state index is 11.7. The lowest BCUT2D eigenvalue weighted by Crippen LogP contribution is -2.33. The van der Waals surface area contributed by atoms with Crippen molar-refractivity contribution in [3.05, 3.63) is 38.7 Å². The molecule has 0 aliphatic carbocycles. The summed E-state index contributed by atoms with van der Waals surface area (Å²) in [4.78, 5) is 25.5. The van der Waals surface area contributed by atoms with Gasteiger partial charge in [0.1, 0.15) is 12.3 Å². The zero-order valence-electron chi connectivity index (χ0n) is 10.4. The number of aliphatic hydroxyl groups is 2. The Morgan fingerprint density at radius 2 is 2.32 bits per heavy atom. The van der Waals surface area contributed by atoms with E-state index in [0.717, 1.165) is 0 Å². The molecule has 2 heterocycles. The van der Waals surface area contributed by atoms with Crippen molar-refractivity contribution in [1.29, 1.82) is 0 Å². The summed E-state index contributed by atoms with van der Waals surface area (Å²) in [6.45, 7) is 1.43. The van der Waals surface area contributed by atoms with E-state index in [2.05, 4.69) is 4.98 Å². The Hall–Kier alpha value is -1.70. The lowest BCUT2D eigenvalue weighted by Gasteiger charge is -2.14. The van der Waals surface area contributed by atoms with Gasteiger partial charge < -0.3 is 14.9 Å². The largest absolute Gasteiger partial charge is 0.394 e. The summed E-state index contributed by atoms with van der Waals surface area (Å²) in [6, 6.07) is 0. The van der Waals surface area contributed by atoms with E-state index in [0.29, 0.717) is 5.56 Å². The van der Waals surface area contributed by atoms with Crippen LogP contribution in [0.4, 0.5) is 0 Å². The van der Waals surface area contributed by atoms with E-state index in [1.54, 1.807) is 19.1 Å². The molecule has 0 unspecified atom stereocenters. The standard InChI is InChI=1S/C12H16N2O5/c1-2-3-7-5-14(12(18)13-11(7)17)10-4-8(16)9(6-15)19-10/h2-3,5,8-10,15-16H,4,6H2,1H3,(H,13,17,18)/t8-,9+,10+/m0/s1. The van der Waals surface area contributed by atoms with E-state index in [1.807, 2.05) is 0 Å². The minimum Gasteiger partial charge on any atom is -0.394 e. The fraction of sp³-hybridized carbons (Fsp3) is 0.500. The summed E-state index contributed by atoms with van der Waals surface area (Å²) >= 11 is 0. The van der Waals surface area contributed by atoms with Gasteiger partial charge in [-0.2, -0.15) is 0 Å². The smallest absolute Gasteiger partial charge is 0.330 e. The maximum atomic E-state index is 11.7. The number of hydrogen-bond donors (Lipinski definition) is 3. The Bertz CT molecular complexity index is 589. The van der Waals surface area contributed by atoms with Gasteiger partial charge in [0, 0.05) is 12.6 Å². The van der Waals surface area contributed by atoms with Crippen LogP contribution in [0.2, 0.25) is 0 Å². The van der Waals surface area contributed by atoms with Crippen LogP contribution in [0.15, 0.2) is 21.9 Å². The molecule has 0 aromatic carbocycles. The number of H-pyrrole nitrogens is 1. The lowest BCUT2D eigenvalue weighted by molar-refractivity contribution is -0.0459. The molecule has 1 aromatic rings. The topological polar surface area (TPSA) is 105 Å². The van der Waals surface area contributed by atoms with Crippen LogP contribution in [0.1, 0.15) is 25.1 Å². The second kappa shape index (κ2) is 5.52. The molecule has 0 radical (unpaired) electrons. The Morgan fingerprint density at radius 1 is 1.58 bits per heavy atom. The average molecular weight is 268 g/mol. The van der Waals surface area contributed by atoms with Crippen molar-refractivity contribution in [1.82, 2.24) is 9.55 Å². The van der Waals surface area contributed by atoms with E-state index in [-0.39, 0.29) is 13.0 Å². The van der Waals surface area contributed by atoms with E-state index >= 15 is 0 Å². The highest BCUT2D eigenvalue weighted by Gasteiger charge is 2.35. The summed E-state index contributed by atoms with van der Waals surface area (Å²) in [6.07, 6.45) is 2.59. The van der Waals surface area contributed by atoms with Gasteiger partial charge >= 0.3 is 5.69 Å². The minimum atomic E-state index is -0.834. The molecule has 7 nitrogen and oxygen atoms in total. The van der Waals surface area contributed by atoms with E-state index in [9.17, 15) is 14.7 Å². The summed E-state index contributed by atoms with van der Waals surface area (Å²) < 4.78 is 6.60. The van der Waals surface area contributed by atoms with Gasteiger partial charge in [-0.3, -0.25) is 14.3 Å². The van der Waals surface area contributed by atoms with E-state index < -0.39 is 29.7 Å². The van der Waals surface area contributed by atoms with Gasteiger partial charge in [0.15, 0.2) is 0 Å². The average Bonchev–Trinajstić information content (AvgIpc) is 2.74. The highest BCUT2D eigenvalue weighted by molar-refractivity contribution is 5.45. The molecule has 7 heteroatoms. The maximum Gasteiger partial charge on any atom is 0.330 e. The van der Waals surface area contributed by atoms with Crippen LogP contribution in [0, 0.1) is 0 Å². The molecule has 0 bridgehead atoms. The van der Waals surface area contributed by atoms with Gasteiger partial charge in [-0.1, -0.05) is 12.2 Å². The molecule has 1 saturated heterocycles. The highest BCUT2D eigenvalue weighted by atomic mass is 16.5. The number of nitrogens with one attached hydrogen (secondary N) is 1. The van der Waals surface area contributed by atoms with Crippen LogP contribution in [-0.2, 0) is 4.74 Å². The molecular formula is C12H16N2O5. The molecule has 0 saturated carbocycles. The predicted octanol–water partition coefficient (Wildman–Crippen LogP) is -0.790. The molecule has 3 N–H and O–H groups in total. The summed E-state index contributed by atoms with van der Waals surface area (Å²) in [5, 5.41) is 18.7. The second-order valence-corrected chi connectivity index (χ2v) is 4.37. The molecule has 104 valence electrons. The molecule has 1 aromatic heterocycles. The number of aromatic nitrogens is 2. The number of hydrogen-bond acceptors (Lipinski definition) is 5. The third-order valence-corrected chi connectivity index (χ3v) is 3.04. The Balaban J connectivity index is 2.38. The molecule has 0 amide bonds. The number of allylic oxidation sites excluding steroid dienone is 1. The zero-order valence-corrected chi connectivity index (χ0v) is 10.4. The predicted molar refractivity (Wildman–Crippen MR) is 67.7 cm³/mol. The number of nitrogens with zero attached hydrogens (tertiary/aromatic N) is 1. The van der Waals surface area contributed by atoms with Gasteiger partial charge in [-0.15, -0.1) is 0 Å². The van der Waals surface area contributed by atoms with Gasteiger partial charge in [0.05, 0.1) is 18.3 Å². The Kier molecular flexibility index (Phi) is 3.98. The van der Waals surface area contributed by atoms with Crippen LogP contribution >= 0.6 is 0 Å². The third-order valence-electron chi connectivity index (χ3n) is 3.04. The van der Waals surface area contributed by atoms with E-state index in [4.69, 9.17) is 9.84 Å².